The minimum atomic E-state index is -0.433. The third-order valence-electron chi connectivity index (χ3n) is 4.93. The van der Waals surface area contributed by atoms with E-state index in [1.165, 1.54) is 0 Å². The number of unbranched alkanes of at least 4 members (excludes halogenated alkanes) is 1. The fourth-order valence-corrected chi connectivity index (χ4v) is 3.06. The molecule has 1 unspecified atom stereocenters. The summed E-state index contributed by atoms with van der Waals surface area (Å²) < 4.78 is 10.8. The lowest BCUT2D eigenvalue weighted by Crippen LogP contribution is -2.29. The van der Waals surface area contributed by atoms with Gasteiger partial charge in [0.05, 0.1) is 12.0 Å². The third kappa shape index (κ3) is 5.62. The van der Waals surface area contributed by atoms with Gasteiger partial charge in [0.15, 0.2) is 0 Å². The first-order chi connectivity index (χ1) is 10.4. The normalized spacial score (nSPS) is 19.5. The molecule has 0 aromatic rings. The summed E-state index contributed by atoms with van der Waals surface area (Å²) >= 11 is 0. The molecule has 22 heavy (non-hydrogen) atoms. The van der Waals surface area contributed by atoms with Crippen LogP contribution in [0, 0.1) is 5.41 Å². The van der Waals surface area contributed by atoms with E-state index in [0.29, 0.717) is 13.0 Å². The number of ether oxygens (including phenoxy) is 2. The van der Waals surface area contributed by atoms with Crippen molar-refractivity contribution in [3.63, 3.8) is 0 Å². The summed E-state index contributed by atoms with van der Waals surface area (Å²) in [5, 5.41) is 0. The highest BCUT2D eigenvalue weighted by Gasteiger charge is 2.33. The first-order valence-electron chi connectivity index (χ1n) is 8.74. The van der Waals surface area contributed by atoms with Gasteiger partial charge < -0.3 is 9.47 Å². The van der Waals surface area contributed by atoms with Crippen LogP contribution in [-0.2, 0) is 19.1 Å². The van der Waals surface area contributed by atoms with Crippen molar-refractivity contribution in [3.05, 3.63) is 0 Å². The van der Waals surface area contributed by atoms with Gasteiger partial charge in [-0.2, -0.15) is 0 Å². The summed E-state index contributed by atoms with van der Waals surface area (Å²) in [5.41, 5.74) is -0.669. The molecule has 0 saturated heterocycles. The van der Waals surface area contributed by atoms with Crippen LogP contribution in [0.1, 0.15) is 85.5 Å². The van der Waals surface area contributed by atoms with Crippen LogP contribution in [0.25, 0.3) is 0 Å². The number of hydrogen-bond acceptors (Lipinski definition) is 4. The molecule has 0 heterocycles. The van der Waals surface area contributed by atoms with E-state index in [1.54, 1.807) is 0 Å². The molecule has 4 nitrogen and oxygen atoms in total. The van der Waals surface area contributed by atoms with Gasteiger partial charge in [-0.25, -0.2) is 0 Å². The van der Waals surface area contributed by atoms with E-state index in [0.717, 1.165) is 51.4 Å². The quantitative estimate of drug-likeness (QED) is 0.467. The molecule has 1 saturated carbocycles. The molecule has 0 radical (unpaired) electrons. The lowest BCUT2D eigenvalue weighted by atomic mass is 9.82. The minimum absolute atomic E-state index is 0.0984. The maximum absolute atomic E-state index is 12.0. The van der Waals surface area contributed by atoms with Crippen molar-refractivity contribution in [3.8, 4) is 0 Å². The molecule has 0 aromatic heterocycles. The van der Waals surface area contributed by atoms with Crippen LogP contribution < -0.4 is 0 Å². The standard InChI is InChI=1S/C18H32O4/c1-5-17(3,16(20)21-6-2)12-8-7-11-15(19)22-18(4)13-9-10-14-18/h5-14H2,1-4H3. The Balaban J connectivity index is 2.28. The Morgan fingerprint density at radius 2 is 1.77 bits per heavy atom. The summed E-state index contributed by atoms with van der Waals surface area (Å²) in [6.07, 6.45) is 7.83. The second kappa shape index (κ2) is 8.54. The van der Waals surface area contributed by atoms with Gasteiger partial charge in [-0.1, -0.05) is 13.3 Å². The highest BCUT2D eigenvalue weighted by molar-refractivity contribution is 5.76. The number of esters is 2. The molecule has 128 valence electrons. The molecule has 0 aliphatic heterocycles. The van der Waals surface area contributed by atoms with Crippen LogP contribution in [0.3, 0.4) is 0 Å². The second-order valence-corrected chi connectivity index (χ2v) is 6.97. The van der Waals surface area contributed by atoms with Gasteiger partial charge in [-0.15, -0.1) is 0 Å². The zero-order valence-corrected chi connectivity index (χ0v) is 14.7. The smallest absolute Gasteiger partial charge is 0.311 e. The monoisotopic (exact) mass is 312 g/mol. The van der Waals surface area contributed by atoms with Crippen molar-refractivity contribution in [1.29, 1.82) is 0 Å². The topological polar surface area (TPSA) is 52.6 Å². The SMILES string of the molecule is CCOC(=O)C(C)(CC)CCCCC(=O)OC1(C)CCCC1. The molecule has 0 amide bonds. The largest absolute Gasteiger partial charge is 0.466 e. The molecule has 1 rings (SSSR count). The number of carbonyl (C=O) groups is 2. The van der Waals surface area contributed by atoms with Gasteiger partial charge in [0.2, 0.25) is 0 Å². The first kappa shape index (κ1) is 19.0. The number of hydrogen-bond donors (Lipinski definition) is 0. The van der Waals surface area contributed by atoms with Crippen molar-refractivity contribution in [1.82, 2.24) is 0 Å². The van der Waals surface area contributed by atoms with E-state index in [9.17, 15) is 9.59 Å². The van der Waals surface area contributed by atoms with Crippen LogP contribution in [0.4, 0.5) is 0 Å². The summed E-state index contributed by atoms with van der Waals surface area (Å²) in [6.45, 7) is 8.23. The Labute approximate surface area is 134 Å². The average Bonchev–Trinajstić information content (AvgIpc) is 2.89. The molecule has 1 aliphatic rings. The molecule has 0 spiro atoms. The van der Waals surface area contributed by atoms with Crippen molar-refractivity contribution >= 4 is 11.9 Å². The summed E-state index contributed by atoms with van der Waals surface area (Å²) in [5.74, 6) is -0.225. The van der Waals surface area contributed by atoms with E-state index in [-0.39, 0.29) is 17.5 Å². The van der Waals surface area contributed by atoms with Gasteiger partial charge >= 0.3 is 11.9 Å². The van der Waals surface area contributed by atoms with E-state index in [2.05, 4.69) is 0 Å². The van der Waals surface area contributed by atoms with Gasteiger partial charge in [-0.3, -0.25) is 9.59 Å². The van der Waals surface area contributed by atoms with Crippen LogP contribution in [-0.4, -0.2) is 24.1 Å². The Hall–Kier alpha value is -1.06. The molecule has 0 bridgehead atoms. The van der Waals surface area contributed by atoms with Crippen LogP contribution in [0.5, 0.6) is 0 Å². The Bertz CT molecular complexity index is 371. The van der Waals surface area contributed by atoms with Gasteiger partial charge in [0.25, 0.3) is 0 Å². The van der Waals surface area contributed by atoms with Crippen LogP contribution >= 0.6 is 0 Å². The molecule has 1 fully saturated rings. The lowest BCUT2D eigenvalue weighted by molar-refractivity contribution is -0.157. The van der Waals surface area contributed by atoms with E-state index < -0.39 is 5.41 Å². The Morgan fingerprint density at radius 1 is 1.14 bits per heavy atom. The summed E-state index contributed by atoms with van der Waals surface area (Å²) in [4.78, 5) is 23.9. The van der Waals surface area contributed by atoms with Gasteiger partial charge in [0, 0.05) is 6.42 Å². The van der Waals surface area contributed by atoms with Gasteiger partial charge in [0.1, 0.15) is 5.60 Å². The molecule has 1 aliphatic carbocycles. The number of rotatable bonds is 9. The summed E-state index contributed by atoms with van der Waals surface area (Å²) in [7, 11) is 0. The van der Waals surface area contributed by atoms with E-state index >= 15 is 0 Å². The second-order valence-electron chi connectivity index (χ2n) is 6.97. The fraction of sp³-hybridized carbons (Fsp3) is 0.889. The zero-order valence-electron chi connectivity index (χ0n) is 14.7. The summed E-state index contributed by atoms with van der Waals surface area (Å²) in [6, 6.07) is 0. The van der Waals surface area contributed by atoms with Gasteiger partial charge in [-0.05, 0) is 65.7 Å². The molecular weight excluding hydrogens is 280 g/mol. The average molecular weight is 312 g/mol. The molecule has 0 aromatic carbocycles. The van der Waals surface area contributed by atoms with Crippen LogP contribution in [0.2, 0.25) is 0 Å². The minimum Gasteiger partial charge on any atom is -0.466 e. The van der Waals surface area contributed by atoms with Crippen molar-refractivity contribution in [2.75, 3.05) is 6.61 Å². The predicted octanol–water partition coefficient (Wildman–Crippen LogP) is 4.40. The van der Waals surface area contributed by atoms with E-state index in [4.69, 9.17) is 9.47 Å². The molecular formula is C18H32O4. The third-order valence-corrected chi connectivity index (χ3v) is 4.93. The molecule has 0 N–H and O–H groups in total. The van der Waals surface area contributed by atoms with Crippen molar-refractivity contribution in [2.45, 2.75) is 91.1 Å². The molecule has 4 heteroatoms. The lowest BCUT2D eigenvalue weighted by Gasteiger charge is -2.26. The maximum atomic E-state index is 12.0. The zero-order chi connectivity index (χ0) is 16.6. The predicted molar refractivity (Wildman–Crippen MR) is 86.5 cm³/mol. The fourth-order valence-electron chi connectivity index (χ4n) is 3.06. The van der Waals surface area contributed by atoms with Crippen LogP contribution in [0.15, 0.2) is 0 Å². The molecule has 1 atom stereocenters. The number of carbonyl (C=O) groups excluding carboxylic acids is 2. The van der Waals surface area contributed by atoms with Crippen molar-refractivity contribution in [2.24, 2.45) is 5.41 Å². The highest BCUT2D eigenvalue weighted by Crippen LogP contribution is 2.33. The first-order valence-corrected chi connectivity index (χ1v) is 8.74. The maximum Gasteiger partial charge on any atom is 0.311 e. The highest BCUT2D eigenvalue weighted by atomic mass is 16.6. The Morgan fingerprint density at radius 3 is 2.32 bits per heavy atom. The van der Waals surface area contributed by atoms with E-state index in [1.807, 2.05) is 27.7 Å². The Kier molecular flexibility index (Phi) is 7.37. The van der Waals surface area contributed by atoms with Crippen molar-refractivity contribution < 1.29 is 19.1 Å².